The summed E-state index contributed by atoms with van der Waals surface area (Å²) in [6.07, 6.45) is 8.74. The van der Waals surface area contributed by atoms with E-state index in [1.807, 2.05) is 19.4 Å². The van der Waals surface area contributed by atoms with Crippen molar-refractivity contribution in [1.82, 2.24) is 19.9 Å². The summed E-state index contributed by atoms with van der Waals surface area (Å²) in [6, 6.07) is 2.11. The summed E-state index contributed by atoms with van der Waals surface area (Å²) in [7, 11) is 1.99. The van der Waals surface area contributed by atoms with Crippen LogP contribution in [0, 0.1) is 0 Å². The van der Waals surface area contributed by atoms with Crippen LogP contribution in [-0.4, -0.2) is 28.1 Å². The van der Waals surface area contributed by atoms with Gasteiger partial charge in [-0.3, -0.25) is 0 Å². The molecule has 1 aliphatic heterocycles. The molecule has 0 unspecified atom stereocenters. The number of H-pyrrole nitrogens is 1. The smallest absolute Gasteiger partial charge is 0.110 e. The van der Waals surface area contributed by atoms with Crippen LogP contribution in [0.5, 0.6) is 0 Å². The highest BCUT2D eigenvalue weighted by molar-refractivity contribution is 5.62. The number of hydrogen-bond donors (Lipinski definition) is 2. The van der Waals surface area contributed by atoms with Gasteiger partial charge >= 0.3 is 0 Å². The predicted octanol–water partition coefficient (Wildman–Crippen LogP) is 1.98. The SMILES string of the molecule is CNCCc1nc(-c2cc[nH]c2)c2n1CCCC2. The maximum atomic E-state index is 4.87. The molecule has 0 aliphatic carbocycles. The van der Waals surface area contributed by atoms with Crippen LogP contribution < -0.4 is 5.32 Å². The molecule has 0 spiro atoms. The number of rotatable bonds is 4. The van der Waals surface area contributed by atoms with Crippen LogP contribution in [0.1, 0.15) is 24.4 Å². The summed E-state index contributed by atoms with van der Waals surface area (Å²) < 4.78 is 2.43. The van der Waals surface area contributed by atoms with Gasteiger partial charge in [0.1, 0.15) is 5.82 Å². The molecule has 0 fully saturated rings. The van der Waals surface area contributed by atoms with Crippen molar-refractivity contribution < 1.29 is 0 Å². The lowest BCUT2D eigenvalue weighted by atomic mass is 10.1. The highest BCUT2D eigenvalue weighted by Gasteiger charge is 2.20. The lowest BCUT2D eigenvalue weighted by molar-refractivity contribution is 0.512. The van der Waals surface area contributed by atoms with Gasteiger partial charge in [-0.1, -0.05) is 0 Å². The second kappa shape index (κ2) is 4.98. The molecule has 0 amide bonds. The van der Waals surface area contributed by atoms with E-state index in [1.165, 1.54) is 35.6 Å². The Morgan fingerprint density at radius 3 is 3.17 bits per heavy atom. The zero-order chi connectivity index (χ0) is 12.4. The summed E-state index contributed by atoms with van der Waals surface area (Å²) in [4.78, 5) is 8.00. The van der Waals surface area contributed by atoms with Crippen molar-refractivity contribution in [3.8, 4) is 11.3 Å². The molecule has 0 atom stereocenters. The molecule has 0 aromatic carbocycles. The van der Waals surface area contributed by atoms with Crippen LogP contribution in [0.25, 0.3) is 11.3 Å². The molecule has 0 saturated carbocycles. The fourth-order valence-corrected chi connectivity index (χ4v) is 2.75. The van der Waals surface area contributed by atoms with Crippen molar-refractivity contribution in [1.29, 1.82) is 0 Å². The van der Waals surface area contributed by atoms with Crippen molar-refractivity contribution in [2.24, 2.45) is 0 Å². The van der Waals surface area contributed by atoms with Crippen LogP contribution in [0.15, 0.2) is 18.5 Å². The summed E-state index contributed by atoms with van der Waals surface area (Å²) in [5.74, 6) is 1.23. The number of likely N-dealkylation sites (N-methyl/N-ethyl adjacent to an activating group) is 1. The highest BCUT2D eigenvalue weighted by Crippen LogP contribution is 2.28. The first kappa shape index (κ1) is 11.5. The van der Waals surface area contributed by atoms with Gasteiger partial charge in [-0.25, -0.2) is 4.98 Å². The number of aromatic amines is 1. The van der Waals surface area contributed by atoms with Gasteiger partial charge in [0.05, 0.1) is 5.69 Å². The molecule has 2 N–H and O–H groups in total. The molecular formula is C14H20N4. The first-order chi connectivity index (χ1) is 8.90. The molecule has 4 nitrogen and oxygen atoms in total. The first-order valence-corrected chi connectivity index (χ1v) is 6.76. The molecule has 96 valence electrons. The molecule has 2 aromatic heterocycles. The minimum atomic E-state index is 0.989. The lowest BCUT2D eigenvalue weighted by Crippen LogP contribution is -2.17. The van der Waals surface area contributed by atoms with E-state index >= 15 is 0 Å². The minimum Gasteiger partial charge on any atom is -0.367 e. The molecule has 4 heteroatoms. The van der Waals surface area contributed by atoms with E-state index in [2.05, 4.69) is 20.9 Å². The van der Waals surface area contributed by atoms with Crippen LogP contribution in [0.4, 0.5) is 0 Å². The summed E-state index contributed by atoms with van der Waals surface area (Å²) in [5.41, 5.74) is 3.82. The molecule has 2 aromatic rings. The quantitative estimate of drug-likeness (QED) is 0.864. The van der Waals surface area contributed by atoms with E-state index in [1.54, 1.807) is 0 Å². The highest BCUT2D eigenvalue weighted by atomic mass is 15.1. The van der Waals surface area contributed by atoms with Gasteiger partial charge in [0.25, 0.3) is 0 Å². The Kier molecular flexibility index (Phi) is 3.19. The van der Waals surface area contributed by atoms with E-state index in [9.17, 15) is 0 Å². The summed E-state index contributed by atoms with van der Waals surface area (Å²) in [5, 5.41) is 3.21. The van der Waals surface area contributed by atoms with Gasteiger partial charge < -0.3 is 14.9 Å². The van der Waals surface area contributed by atoms with E-state index in [0.717, 1.165) is 25.9 Å². The Hall–Kier alpha value is -1.55. The van der Waals surface area contributed by atoms with Gasteiger partial charge in [-0.15, -0.1) is 0 Å². The van der Waals surface area contributed by atoms with Crippen molar-refractivity contribution in [2.75, 3.05) is 13.6 Å². The Morgan fingerprint density at radius 1 is 1.44 bits per heavy atom. The Labute approximate surface area is 107 Å². The fourth-order valence-electron chi connectivity index (χ4n) is 2.75. The second-order valence-electron chi connectivity index (χ2n) is 4.89. The average Bonchev–Trinajstić information content (AvgIpc) is 3.04. The van der Waals surface area contributed by atoms with Crippen LogP contribution in [-0.2, 0) is 19.4 Å². The normalized spacial score (nSPS) is 14.7. The molecule has 0 radical (unpaired) electrons. The third-order valence-corrected chi connectivity index (χ3v) is 3.67. The monoisotopic (exact) mass is 244 g/mol. The molecule has 18 heavy (non-hydrogen) atoms. The molecule has 0 bridgehead atoms. The zero-order valence-electron chi connectivity index (χ0n) is 10.9. The lowest BCUT2D eigenvalue weighted by Gasteiger charge is -2.17. The Balaban J connectivity index is 2.01. The molecule has 0 saturated heterocycles. The number of fused-ring (bicyclic) bond motifs is 1. The van der Waals surface area contributed by atoms with E-state index < -0.39 is 0 Å². The third-order valence-electron chi connectivity index (χ3n) is 3.67. The van der Waals surface area contributed by atoms with E-state index in [4.69, 9.17) is 4.98 Å². The van der Waals surface area contributed by atoms with Gasteiger partial charge in [-0.05, 0) is 32.4 Å². The van der Waals surface area contributed by atoms with Crippen molar-refractivity contribution >= 4 is 0 Å². The zero-order valence-corrected chi connectivity index (χ0v) is 10.9. The number of hydrogen-bond acceptors (Lipinski definition) is 2. The second-order valence-corrected chi connectivity index (χ2v) is 4.89. The summed E-state index contributed by atoms with van der Waals surface area (Å²) >= 11 is 0. The molecule has 1 aliphatic rings. The molecule has 3 heterocycles. The fraction of sp³-hybridized carbons (Fsp3) is 0.500. The Bertz CT molecular complexity index is 510. The van der Waals surface area contributed by atoms with Crippen molar-refractivity contribution in [3.05, 3.63) is 30.0 Å². The number of nitrogens with zero attached hydrogens (tertiary/aromatic N) is 2. The van der Waals surface area contributed by atoms with Crippen LogP contribution in [0.3, 0.4) is 0 Å². The largest absolute Gasteiger partial charge is 0.367 e. The van der Waals surface area contributed by atoms with E-state index in [0.29, 0.717) is 0 Å². The van der Waals surface area contributed by atoms with Gasteiger partial charge in [-0.2, -0.15) is 0 Å². The topological polar surface area (TPSA) is 45.6 Å². The maximum Gasteiger partial charge on any atom is 0.110 e. The number of imidazole rings is 1. The van der Waals surface area contributed by atoms with E-state index in [-0.39, 0.29) is 0 Å². The molecule has 3 rings (SSSR count). The average molecular weight is 244 g/mol. The predicted molar refractivity (Wildman–Crippen MR) is 72.6 cm³/mol. The minimum absolute atomic E-state index is 0.989. The van der Waals surface area contributed by atoms with Crippen molar-refractivity contribution in [2.45, 2.75) is 32.2 Å². The van der Waals surface area contributed by atoms with Crippen LogP contribution >= 0.6 is 0 Å². The first-order valence-electron chi connectivity index (χ1n) is 6.76. The van der Waals surface area contributed by atoms with Crippen molar-refractivity contribution in [3.63, 3.8) is 0 Å². The maximum absolute atomic E-state index is 4.87. The Morgan fingerprint density at radius 2 is 2.39 bits per heavy atom. The summed E-state index contributed by atoms with van der Waals surface area (Å²) in [6.45, 7) is 2.12. The van der Waals surface area contributed by atoms with Gasteiger partial charge in [0.15, 0.2) is 0 Å². The molecular weight excluding hydrogens is 224 g/mol. The standard InChI is InChI=1S/C14H20N4/c1-15-7-6-13-17-14(11-5-8-16-10-11)12-4-2-3-9-18(12)13/h5,8,10,15-16H,2-4,6-7,9H2,1H3. The van der Waals surface area contributed by atoms with Crippen LogP contribution in [0.2, 0.25) is 0 Å². The number of aromatic nitrogens is 3. The van der Waals surface area contributed by atoms with Gasteiger partial charge in [0.2, 0.25) is 0 Å². The third kappa shape index (κ3) is 1.97. The number of nitrogens with one attached hydrogen (secondary N) is 2. The van der Waals surface area contributed by atoms with Gasteiger partial charge in [0, 0.05) is 43.2 Å².